The van der Waals surface area contributed by atoms with Crippen LogP contribution in [0, 0.1) is 11.6 Å². The van der Waals surface area contributed by atoms with E-state index in [2.05, 4.69) is 10.6 Å². The first-order valence-corrected chi connectivity index (χ1v) is 16.2. The summed E-state index contributed by atoms with van der Waals surface area (Å²) in [7, 11) is 0. The maximum Gasteiger partial charge on any atom is 0.326 e. The fourth-order valence-corrected chi connectivity index (χ4v) is 6.37. The summed E-state index contributed by atoms with van der Waals surface area (Å²) in [5.74, 6) is -3.62. The molecule has 0 aromatic heterocycles. The van der Waals surface area contributed by atoms with Gasteiger partial charge in [0, 0.05) is 17.7 Å². The van der Waals surface area contributed by atoms with Crippen LogP contribution in [0.2, 0.25) is 0 Å². The average molecular weight is 688 g/mol. The number of ether oxygens (including phenoxy) is 1. The number of thioether (sulfide) groups is 1. The predicted molar refractivity (Wildman–Crippen MR) is 178 cm³/mol. The summed E-state index contributed by atoms with van der Waals surface area (Å²) < 4.78 is 32.5. The van der Waals surface area contributed by atoms with Gasteiger partial charge in [0.1, 0.15) is 28.7 Å². The van der Waals surface area contributed by atoms with Gasteiger partial charge >= 0.3 is 5.97 Å². The minimum absolute atomic E-state index is 0.0197. The van der Waals surface area contributed by atoms with Crippen molar-refractivity contribution < 1.29 is 42.6 Å². The fraction of sp³-hybridized carbons (Fsp3) is 0.194. The van der Waals surface area contributed by atoms with E-state index in [9.17, 15) is 37.9 Å². The number of aliphatic carboxylic acids is 1. The van der Waals surface area contributed by atoms with Crippen LogP contribution in [-0.2, 0) is 25.6 Å². The molecular formula is C36H31F2N3O7S. The second kappa shape index (κ2) is 16.0. The Kier molecular flexibility index (Phi) is 11.4. The molecule has 3 N–H and O–H groups in total. The lowest BCUT2D eigenvalue weighted by Gasteiger charge is -2.47. The number of benzene rings is 4. The highest BCUT2D eigenvalue weighted by Crippen LogP contribution is 2.45. The number of hydrogen-bond donors (Lipinski definition) is 3. The molecule has 252 valence electrons. The summed E-state index contributed by atoms with van der Waals surface area (Å²) in [6.07, 6.45) is 0.0825. The van der Waals surface area contributed by atoms with Crippen molar-refractivity contribution in [3.63, 3.8) is 0 Å². The van der Waals surface area contributed by atoms with Crippen LogP contribution in [0.3, 0.4) is 0 Å². The first-order chi connectivity index (χ1) is 23.6. The number of halogens is 2. The molecule has 3 amide bonds. The standard InChI is InChI=1S/C36H31F2N3O7S/c37-25-10-6-23(7-11-25)30(42)21-49-34-33(41(35(34)45)27-14-12-26(38)13-15-27)24-8-16-28(17-9-24)48-20-32(44)39-19-31(43)40-29(36(46)47)18-22-4-2-1-3-5-22/h1-17,29,33-34H,18-21H2,(H,39,44)(H,40,43)(H,46,47)/t29-,33?,34?/m1/s1. The Morgan fingerprint density at radius 3 is 2.10 bits per heavy atom. The highest BCUT2D eigenvalue weighted by atomic mass is 32.2. The summed E-state index contributed by atoms with van der Waals surface area (Å²) in [6, 6.07) is 24.4. The quantitative estimate of drug-likeness (QED) is 0.124. The van der Waals surface area contributed by atoms with Gasteiger partial charge in [-0.1, -0.05) is 42.5 Å². The Balaban J connectivity index is 1.16. The van der Waals surface area contributed by atoms with Crippen molar-refractivity contribution in [3.05, 3.63) is 131 Å². The molecule has 1 fully saturated rings. The molecule has 4 aromatic rings. The van der Waals surface area contributed by atoms with Crippen LogP contribution in [0.5, 0.6) is 5.75 Å². The van der Waals surface area contributed by atoms with Gasteiger partial charge in [-0.15, -0.1) is 11.8 Å². The van der Waals surface area contributed by atoms with Crippen LogP contribution in [0.4, 0.5) is 14.5 Å². The minimum atomic E-state index is -1.20. The molecule has 4 aromatic carbocycles. The van der Waals surface area contributed by atoms with Gasteiger partial charge in [0.05, 0.1) is 18.3 Å². The molecule has 1 saturated heterocycles. The molecular weight excluding hydrogens is 656 g/mol. The minimum Gasteiger partial charge on any atom is -0.484 e. The second-order valence-electron chi connectivity index (χ2n) is 11.1. The van der Waals surface area contributed by atoms with E-state index in [1.54, 1.807) is 54.6 Å². The lowest BCUT2D eigenvalue weighted by Crippen LogP contribution is -2.57. The number of amides is 3. The van der Waals surface area contributed by atoms with Gasteiger partial charge in [-0.3, -0.25) is 19.2 Å². The van der Waals surface area contributed by atoms with E-state index >= 15 is 0 Å². The maximum atomic E-state index is 13.6. The number of β-lactam (4-membered cyclic amide) rings is 1. The molecule has 10 nitrogen and oxygen atoms in total. The van der Waals surface area contributed by atoms with Crippen molar-refractivity contribution in [3.8, 4) is 5.75 Å². The molecule has 1 heterocycles. The first kappa shape index (κ1) is 34.8. The van der Waals surface area contributed by atoms with Gasteiger partial charge in [-0.2, -0.15) is 0 Å². The summed E-state index contributed by atoms with van der Waals surface area (Å²) in [5, 5.41) is 13.6. The highest BCUT2D eigenvalue weighted by Gasteiger charge is 2.49. The van der Waals surface area contributed by atoms with Crippen molar-refractivity contribution >= 4 is 46.9 Å². The Labute approximate surface area is 284 Å². The number of nitrogens with zero attached hydrogens (tertiary/aromatic N) is 1. The zero-order valence-corrected chi connectivity index (χ0v) is 26.7. The lowest BCUT2D eigenvalue weighted by molar-refractivity contribution is -0.141. The van der Waals surface area contributed by atoms with Gasteiger partial charge in [-0.25, -0.2) is 13.6 Å². The van der Waals surface area contributed by atoms with Crippen LogP contribution < -0.4 is 20.3 Å². The lowest BCUT2D eigenvalue weighted by atomic mass is 9.92. The Bertz CT molecular complexity index is 1810. The van der Waals surface area contributed by atoms with Crippen molar-refractivity contribution in [2.75, 3.05) is 23.8 Å². The molecule has 0 saturated carbocycles. The molecule has 49 heavy (non-hydrogen) atoms. The second-order valence-corrected chi connectivity index (χ2v) is 12.2. The first-order valence-electron chi connectivity index (χ1n) is 15.1. The molecule has 1 aliphatic heterocycles. The highest BCUT2D eigenvalue weighted by molar-refractivity contribution is 8.01. The van der Waals surface area contributed by atoms with Crippen LogP contribution in [-0.4, -0.2) is 64.8 Å². The molecule has 1 aliphatic rings. The summed E-state index contributed by atoms with van der Waals surface area (Å²) in [6.45, 7) is -0.871. The number of hydrogen-bond acceptors (Lipinski definition) is 7. The van der Waals surface area contributed by atoms with E-state index in [0.717, 1.165) is 17.3 Å². The van der Waals surface area contributed by atoms with Gasteiger partial charge < -0.3 is 25.4 Å². The van der Waals surface area contributed by atoms with Crippen molar-refractivity contribution in [1.82, 2.24) is 10.6 Å². The van der Waals surface area contributed by atoms with Crippen molar-refractivity contribution in [2.24, 2.45) is 0 Å². The van der Waals surface area contributed by atoms with Crippen molar-refractivity contribution in [2.45, 2.75) is 23.8 Å². The summed E-state index contributed by atoms with van der Waals surface area (Å²) in [5.41, 5.74) is 2.24. The molecule has 3 atom stereocenters. The van der Waals surface area contributed by atoms with E-state index in [1.807, 2.05) is 0 Å². The van der Waals surface area contributed by atoms with E-state index in [4.69, 9.17) is 4.74 Å². The van der Waals surface area contributed by atoms with Crippen LogP contribution in [0.1, 0.15) is 27.5 Å². The number of rotatable bonds is 15. The molecule has 0 spiro atoms. The van der Waals surface area contributed by atoms with Gasteiger partial charge in [0.25, 0.3) is 5.91 Å². The van der Waals surface area contributed by atoms with Crippen LogP contribution in [0.15, 0.2) is 103 Å². The number of Topliss-reactive ketones (excluding diaryl/α,β-unsaturated/α-hetero) is 1. The van der Waals surface area contributed by atoms with Crippen LogP contribution >= 0.6 is 11.8 Å². The molecule has 0 bridgehead atoms. The monoisotopic (exact) mass is 687 g/mol. The third-order valence-corrected chi connectivity index (χ3v) is 8.91. The number of nitrogens with one attached hydrogen (secondary N) is 2. The van der Waals surface area contributed by atoms with Gasteiger partial charge in [0.2, 0.25) is 11.8 Å². The predicted octanol–water partition coefficient (Wildman–Crippen LogP) is 4.34. The molecule has 5 rings (SSSR count). The number of carboxylic acid groups (broad SMARTS) is 1. The number of anilines is 1. The molecule has 0 radical (unpaired) electrons. The van der Waals surface area contributed by atoms with E-state index in [-0.39, 0.29) is 23.9 Å². The average Bonchev–Trinajstić information content (AvgIpc) is 3.10. The third-order valence-electron chi connectivity index (χ3n) is 7.66. The smallest absolute Gasteiger partial charge is 0.326 e. The Morgan fingerprint density at radius 2 is 1.47 bits per heavy atom. The maximum absolute atomic E-state index is 13.6. The topological polar surface area (TPSA) is 142 Å². The molecule has 13 heteroatoms. The number of carboxylic acids is 1. The largest absolute Gasteiger partial charge is 0.484 e. The van der Waals surface area contributed by atoms with Crippen molar-refractivity contribution in [1.29, 1.82) is 0 Å². The van der Waals surface area contributed by atoms with Gasteiger partial charge in [0.15, 0.2) is 12.4 Å². The van der Waals surface area contributed by atoms with E-state index in [0.29, 0.717) is 22.6 Å². The zero-order valence-electron chi connectivity index (χ0n) is 25.9. The third kappa shape index (κ3) is 9.08. The molecule has 0 aliphatic carbocycles. The van der Waals surface area contributed by atoms with E-state index in [1.165, 1.54) is 53.4 Å². The van der Waals surface area contributed by atoms with Crippen LogP contribution in [0.25, 0.3) is 0 Å². The fourth-order valence-electron chi connectivity index (χ4n) is 5.16. The number of ketones is 1. The van der Waals surface area contributed by atoms with Gasteiger partial charge in [-0.05, 0) is 71.8 Å². The Morgan fingerprint density at radius 1 is 0.837 bits per heavy atom. The summed E-state index contributed by atoms with van der Waals surface area (Å²) >= 11 is 1.16. The number of carbonyl (C=O) groups is 5. The molecule has 2 unspecified atom stereocenters. The van der Waals surface area contributed by atoms with E-state index < -0.39 is 59.9 Å². The SMILES string of the molecule is O=C(COc1ccc(C2C(SCC(=O)c3ccc(F)cc3)C(=O)N2c2ccc(F)cc2)cc1)NCC(=O)N[C@H](Cc1ccccc1)C(=O)O. The number of carbonyl (C=O) groups excluding carboxylic acids is 4. The summed E-state index contributed by atoms with van der Waals surface area (Å²) in [4.78, 5) is 63.8. The Hall–Kier alpha value is -5.56. The normalized spacial score (nSPS) is 15.9. The zero-order chi connectivity index (χ0) is 34.9.